The number of ketones is 1. The number of carbonyl (C=O) groups is 2. The maximum atomic E-state index is 11.9. The van der Waals surface area contributed by atoms with Crippen LogP contribution in [0.5, 0.6) is 0 Å². The lowest BCUT2D eigenvalue weighted by Crippen LogP contribution is -2.30. The number of hydrogen-bond acceptors (Lipinski definition) is 3. The fourth-order valence-corrected chi connectivity index (χ4v) is 1.64. The first-order valence-electron chi connectivity index (χ1n) is 6.12. The maximum absolute atomic E-state index is 11.9. The molecule has 0 radical (unpaired) electrons. The molecule has 0 unspecified atom stereocenters. The molecule has 4 nitrogen and oxygen atoms in total. The molecule has 0 aliphatic heterocycles. The summed E-state index contributed by atoms with van der Waals surface area (Å²) in [7, 11) is 0. The van der Waals surface area contributed by atoms with Gasteiger partial charge in [-0.15, -0.1) is 0 Å². The predicted octanol–water partition coefficient (Wildman–Crippen LogP) is 2.77. The fourth-order valence-electron chi connectivity index (χ4n) is 1.64. The van der Waals surface area contributed by atoms with Gasteiger partial charge in [0.05, 0.1) is 6.07 Å². The van der Waals surface area contributed by atoms with Crippen LogP contribution in [0.3, 0.4) is 0 Å². The summed E-state index contributed by atoms with van der Waals surface area (Å²) in [5.41, 5.74) is 0.343. The molecule has 1 aromatic carbocycles. The van der Waals surface area contributed by atoms with Crippen LogP contribution in [-0.4, -0.2) is 11.7 Å². The Morgan fingerprint density at radius 2 is 1.84 bits per heavy atom. The first-order valence-corrected chi connectivity index (χ1v) is 6.12. The van der Waals surface area contributed by atoms with Crippen LogP contribution in [0.25, 0.3) is 0 Å². The van der Waals surface area contributed by atoms with E-state index in [0.717, 1.165) is 0 Å². The van der Waals surface area contributed by atoms with Crippen molar-refractivity contribution in [3.8, 4) is 6.07 Å². The Balaban J connectivity index is 2.73. The van der Waals surface area contributed by atoms with Crippen molar-refractivity contribution in [1.82, 2.24) is 0 Å². The second kappa shape index (κ2) is 6.14. The Labute approximate surface area is 113 Å². The zero-order valence-electron chi connectivity index (χ0n) is 11.4. The molecule has 0 saturated heterocycles. The smallest absolute Gasteiger partial charge is 0.249 e. The Hall–Kier alpha value is -2.15. The van der Waals surface area contributed by atoms with Gasteiger partial charge in [-0.1, -0.05) is 39.0 Å². The van der Waals surface area contributed by atoms with Crippen molar-refractivity contribution in [2.45, 2.75) is 27.2 Å². The van der Waals surface area contributed by atoms with E-state index in [9.17, 15) is 9.59 Å². The van der Waals surface area contributed by atoms with Gasteiger partial charge in [-0.25, -0.2) is 0 Å². The Kier molecular flexibility index (Phi) is 4.82. The summed E-state index contributed by atoms with van der Waals surface area (Å²) < 4.78 is 0. The van der Waals surface area contributed by atoms with Crippen molar-refractivity contribution in [2.24, 2.45) is 11.3 Å². The average Bonchev–Trinajstić information content (AvgIpc) is 2.28. The van der Waals surface area contributed by atoms with E-state index in [1.165, 1.54) is 0 Å². The number of nitrogens with one attached hydrogen (secondary N) is 1. The topological polar surface area (TPSA) is 70.0 Å². The molecule has 0 aliphatic rings. The Bertz CT molecular complexity index is 495. The van der Waals surface area contributed by atoms with E-state index < -0.39 is 11.8 Å². The van der Waals surface area contributed by atoms with E-state index in [0.29, 0.717) is 5.69 Å². The highest BCUT2D eigenvalue weighted by molar-refractivity contribution is 6.09. The quantitative estimate of drug-likeness (QED) is 0.844. The number of nitrogens with zero attached hydrogens (tertiary/aromatic N) is 1. The second-order valence-corrected chi connectivity index (χ2v) is 5.62. The summed E-state index contributed by atoms with van der Waals surface area (Å²) in [6.07, 6.45) is 0.202. The van der Waals surface area contributed by atoms with Crippen molar-refractivity contribution in [3.05, 3.63) is 30.3 Å². The number of hydrogen-bond donors (Lipinski definition) is 1. The zero-order valence-corrected chi connectivity index (χ0v) is 11.4. The van der Waals surface area contributed by atoms with Crippen LogP contribution in [0.1, 0.15) is 27.2 Å². The molecule has 100 valence electrons. The van der Waals surface area contributed by atoms with Crippen molar-refractivity contribution in [3.63, 3.8) is 0 Å². The van der Waals surface area contributed by atoms with Gasteiger partial charge in [0.15, 0.2) is 11.7 Å². The lowest BCUT2D eigenvalue weighted by atomic mass is 9.86. The van der Waals surface area contributed by atoms with Crippen molar-refractivity contribution < 1.29 is 9.59 Å². The lowest BCUT2D eigenvalue weighted by molar-refractivity contribution is -0.129. The first kappa shape index (κ1) is 14.9. The van der Waals surface area contributed by atoms with E-state index in [4.69, 9.17) is 5.26 Å². The number of para-hydroxylation sites is 1. The summed E-state index contributed by atoms with van der Waals surface area (Å²) >= 11 is 0. The largest absolute Gasteiger partial charge is 0.325 e. The minimum Gasteiger partial charge on any atom is -0.325 e. The molecule has 1 rings (SSSR count). The van der Waals surface area contributed by atoms with E-state index in [-0.39, 0.29) is 17.6 Å². The molecule has 0 saturated carbocycles. The van der Waals surface area contributed by atoms with Crippen molar-refractivity contribution >= 4 is 17.4 Å². The molecule has 0 spiro atoms. The second-order valence-electron chi connectivity index (χ2n) is 5.62. The molecule has 0 bridgehead atoms. The number of nitriles is 1. The van der Waals surface area contributed by atoms with Gasteiger partial charge < -0.3 is 5.32 Å². The number of rotatable bonds is 4. The number of anilines is 1. The van der Waals surface area contributed by atoms with Gasteiger partial charge in [-0.05, 0) is 17.5 Å². The summed E-state index contributed by atoms with van der Waals surface area (Å²) in [6, 6.07) is 10.6. The van der Waals surface area contributed by atoms with Crippen molar-refractivity contribution in [2.75, 3.05) is 5.32 Å². The minimum absolute atomic E-state index is 0.202. The van der Waals surface area contributed by atoms with Gasteiger partial charge in [0.25, 0.3) is 0 Å². The lowest BCUT2D eigenvalue weighted by Gasteiger charge is -2.18. The van der Waals surface area contributed by atoms with Crippen LogP contribution in [0.4, 0.5) is 5.69 Å². The standard InChI is InChI=1S/C15H18N2O2/c1-15(2,3)9-13(18)12(10-16)14(19)17-11-7-5-4-6-8-11/h4-8,12H,9H2,1-3H3,(H,17,19)/t12-/m1/s1. The van der Waals surface area contributed by atoms with Gasteiger partial charge in [0.1, 0.15) is 0 Å². The number of benzene rings is 1. The number of Topliss-reactive ketones (excluding diaryl/α,β-unsaturated/α-hetero) is 1. The molecule has 0 fully saturated rings. The third-order valence-electron chi connectivity index (χ3n) is 2.46. The summed E-state index contributed by atoms with van der Waals surface area (Å²) in [5, 5.41) is 11.6. The van der Waals surface area contributed by atoms with Gasteiger partial charge in [0, 0.05) is 12.1 Å². The third-order valence-corrected chi connectivity index (χ3v) is 2.46. The van der Waals surface area contributed by atoms with Crippen LogP contribution in [-0.2, 0) is 9.59 Å². The highest BCUT2D eigenvalue weighted by atomic mass is 16.2. The zero-order chi connectivity index (χ0) is 14.5. The molecule has 1 atom stereocenters. The van der Waals surface area contributed by atoms with E-state index in [1.54, 1.807) is 30.3 Å². The fraction of sp³-hybridized carbons (Fsp3) is 0.400. The molecule has 1 aromatic rings. The van der Waals surface area contributed by atoms with E-state index in [2.05, 4.69) is 5.32 Å². The first-order chi connectivity index (χ1) is 8.83. The van der Waals surface area contributed by atoms with Crippen molar-refractivity contribution in [1.29, 1.82) is 5.26 Å². The molecule has 0 heterocycles. The normalized spacial score (nSPS) is 12.3. The van der Waals surface area contributed by atoms with Crippen LogP contribution < -0.4 is 5.32 Å². The van der Waals surface area contributed by atoms with Crippen LogP contribution in [0.15, 0.2) is 30.3 Å². The highest BCUT2D eigenvalue weighted by Crippen LogP contribution is 2.21. The van der Waals surface area contributed by atoms with E-state index >= 15 is 0 Å². The summed E-state index contributed by atoms with van der Waals surface area (Å²) in [6.45, 7) is 5.69. The molecule has 0 aromatic heterocycles. The van der Waals surface area contributed by atoms with Gasteiger partial charge >= 0.3 is 0 Å². The van der Waals surface area contributed by atoms with Crippen LogP contribution in [0.2, 0.25) is 0 Å². The average molecular weight is 258 g/mol. The van der Waals surface area contributed by atoms with Gasteiger partial charge in [-0.2, -0.15) is 5.26 Å². The number of amides is 1. The maximum Gasteiger partial charge on any atom is 0.249 e. The molecule has 19 heavy (non-hydrogen) atoms. The molecule has 0 aliphatic carbocycles. The van der Waals surface area contributed by atoms with Gasteiger partial charge in [0.2, 0.25) is 5.91 Å². The monoisotopic (exact) mass is 258 g/mol. The molecular weight excluding hydrogens is 240 g/mol. The highest BCUT2D eigenvalue weighted by Gasteiger charge is 2.29. The molecule has 1 N–H and O–H groups in total. The summed E-state index contributed by atoms with van der Waals surface area (Å²) in [4.78, 5) is 23.9. The molecular formula is C15H18N2O2. The van der Waals surface area contributed by atoms with Crippen LogP contribution >= 0.6 is 0 Å². The number of carbonyl (C=O) groups excluding carboxylic acids is 2. The van der Waals surface area contributed by atoms with Gasteiger partial charge in [-0.3, -0.25) is 9.59 Å². The Morgan fingerprint density at radius 3 is 2.32 bits per heavy atom. The predicted molar refractivity (Wildman–Crippen MR) is 73.3 cm³/mol. The minimum atomic E-state index is -1.25. The molecule has 4 heteroatoms. The Morgan fingerprint density at radius 1 is 1.26 bits per heavy atom. The van der Waals surface area contributed by atoms with E-state index in [1.807, 2.05) is 26.8 Å². The molecule has 1 amide bonds. The SMILES string of the molecule is CC(C)(C)CC(=O)[C@@H](C#N)C(=O)Nc1ccccc1. The van der Waals surface area contributed by atoms with Crippen LogP contribution in [0, 0.1) is 22.7 Å². The third kappa shape index (κ3) is 4.92. The summed E-state index contributed by atoms with van der Waals surface area (Å²) in [5.74, 6) is -2.16.